The molecule has 0 aromatic carbocycles. The number of hydrogen-bond acceptors (Lipinski definition) is 21. The number of halogens is 4. The number of nitrogens with two attached hydrogens (primary N) is 3. The number of anilines is 3. The van der Waals surface area contributed by atoms with Crippen molar-refractivity contribution in [1.29, 1.82) is 0 Å². The number of aromatic amines is 2. The number of fused-ring (bicyclic) bond motifs is 2. The summed E-state index contributed by atoms with van der Waals surface area (Å²) in [5.41, 5.74) is -6.34. The summed E-state index contributed by atoms with van der Waals surface area (Å²) in [7, 11) is 0. The quantitative estimate of drug-likeness (QED) is 0.0939. The number of aryl methyl sites for hydroxylation is 1. The van der Waals surface area contributed by atoms with Gasteiger partial charge in [-0.25, -0.2) is 47.1 Å². The first-order valence-corrected chi connectivity index (χ1v) is 29.1. The molecule has 12 unspecified atom stereocenters. The van der Waals surface area contributed by atoms with Crippen LogP contribution < -0.4 is 39.7 Å². The summed E-state index contributed by atoms with van der Waals surface area (Å²) in [6.07, 6.45) is 7.04. The number of rotatable bonds is 8. The second kappa shape index (κ2) is 21.4. The number of aromatic nitrogens is 12. The lowest BCUT2D eigenvalue weighted by Gasteiger charge is -2.42. The highest BCUT2D eigenvalue weighted by Crippen LogP contribution is 2.65. The number of nitrogen functional groups attached to an aromatic ring is 3. The van der Waals surface area contributed by atoms with Crippen molar-refractivity contribution >= 4 is 39.9 Å². The van der Waals surface area contributed by atoms with Crippen LogP contribution in [0.3, 0.4) is 0 Å². The summed E-state index contributed by atoms with van der Waals surface area (Å²) in [6.45, 7) is 31.5. The molecule has 12 N–H and O–H groups in total. The molecule has 0 aliphatic carbocycles. The fourth-order valence-corrected chi connectivity index (χ4v) is 13.2. The van der Waals surface area contributed by atoms with Gasteiger partial charge in [-0.1, -0.05) is 55.4 Å². The Balaban J connectivity index is 0.000000171. The van der Waals surface area contributed by atoms with Gasteiger partial charge < -0.3 is 56.6 Å². The molecule has 0 saturated carbocycles. The minimum Gasteiger partial charge on any atom is -0.393 e. The van der Waals surface area contributed by atoms with Crippen LogP contribution in [0.5, 0.6) is 0 Å². The molecule has 0 radical (unpaired) electrons. The summed E-state index contributed by atoms with van der Waals surface area (Å²) >= 11 is 0. The van der Waals surface area contributed by atoms with Crippen molar-refractivity contribution in [2.75, 3.05) is 43.6 Å². The molecule has 0 spiro atoms. The van der Waals surface area contributed by atoms with Crippen LogP contribution in [0.4, 0.5) is 35.1 Å². The first-order chi connectivity index (χ1) is 40.7. The zero-order chi connectivity index (χ0) is 68.8. The van der Waals surface area contributed by atoms with Gasteiger partial charge in [0.1, 0.15) is 62.7 Å². The third kappa shape index (κ3) is 9.22. The Labute approximate surface area is 516 Å². The van der Waals surface area contributed by atoms with Crippen LogP contribution in [-0.4, -0.2) is 150 Å². The molecule has 10 heterocycles. The summed E-state index contributed by atoms with van der Waals surface area (Å²) < 4.78 is 91.6. The molecule has 4 aliphatic heterocycles. The smallest absolute Gasteiger partial charge is 0.351 e. The van der Waals surface area contributed by atoms with Gasteiger partial charge in [-0.2, -0.15) is 9.97 Å². The lowest BCUT2D eigenvalue weighted by atomic mass is 9.67. The highest BCUT2D eigenvalue weighted by molar-refractivity contribution is 5.81. The van der Waals surface area contributed by atoms with Gasteiger partial charge in [0.2, 0.25) is 5.95 Å². The van der Waals surface area contributed by atoms with Gasteiger partial charge >= 0.3 is 11.4 Å². The molecule has 0 bridgehead atoms. The van der Waals surface area contributed by atoms with Crippen molar-refractivity contribution in [3.05, 3.63) is 84.7 Å². The molecule has 0 amide bonds. The average Bonchev–Trinajstić information content (AvgIpc) is 1.55. The Morgan fingerprint density at radius 1 is 0.478 bits per heavy atom. The van der Waals surface area contributed by atoms with Gasteiger partial charge in [0.15, 0.2) is 45.5 Å². The topological polar surface area (TPSA) is 393 Å². The zero-order valence-electron chi connectivity index (χ0n) is 55.1. The molecule has 31 heteroatoms. The van der Waals surface area contributed by atoms with Crippen LogP contribution in [0.1, 0.15) is 144 Å². The number of ether oxygens (including phenoxy) is 4. The van der Waals surface area contributed by atoms with Gasteiger partial charge in [0.25, 0.3) is 11.1 Å². The number of nitrogens with zero attached hydrogens (tertiary/aromatic N) is 10. The highest BCUT2D eigenvalue weighted by atomic mass is 19.2. The minimum absolute atomic E-state index is 0.0680. The minimum atomic E-state index is -1.91. The molecule has 6 aromatic rings. The Morgan fingerprint density at radius 2 is 0.844 bits per heavy atom. The van der Waals surface area contributed by atoms with Crippen molar-refractivity contribution < 1.29 is 56.9 Å². The van der Waals surface area contributed by atoms with E-state index in [0.29, 0.717) is 16.7 Å². The summed E-state index contributed by atoms with van der Waals surface area (Å²) in [5.74, 6) is 0.270. The van der Waals surface area contributed by atoms with E-state index in [0.717, 1.165) is 0 Å². The third-order valence-electron chi connectivity index (χ3n) is 22.8. The van der Waals surface area contributed by atoms with E-state index in [9.17, 15) is 39.6 Å². The number of hydrogen-bond donors (Lipinski definition) is 9. The maximum atomic E-state index is 15.7. The summed E-state index contributed by atoms with van der Waals surface area (Å²) in [5, 5.41) is 38.7. The maximum absolute atomic E-state index is 15.7. The summed E-state index contributed by atoms with van der Waals surface area (Å²) in [4.78, 5) is 76.8. The SMILES string of the molecule is CC1(CO)OC(C)(n2ccc(N)nc2=O)C(C)(C)C1(C)F.CC1(CO)OC(C)(n2cnc3c(=O)[nH]c(N)nc32)C(C)(C)C1(C)F.CC1(CO)OC(C)(n2cnc3c(N)ncnc32)C(C)(C)C1(C)F.Cc1cn(C2(C)OC(C)(CO)C(C)(F)C2(C)C)c(=O)[nH]c1=O. The molecule has 4 saturated heterocycles. The van der Waals surface area contributed by atoms with E-state index in [1.165, 1.54) is 99.6 Å². The van der Waals surface area contributed by atoms with Crippen molar-refractivity contribution in [3.8, 4) is 0 Å². The predicted molar refractivity (Wildman–Crippen MR) is 325 cm³/mol. The molecule has 12 atom stereocenters. The molecule has 4 aliphatic rings. The van der Waals surface area contributed by atoms with Crippen molar-refractivity contribution in [1.82, 2.24) is 58.1 Å². The van der Waals surface area contributed by atoms with Gasteiger partial charge in [0.05, 0.1) is 39.1 Å². The molecule has 27 nitrogen and oxygen atoms in total. The van der Waals surface area contributed by atoms with E-state index < -0.39 is 139 Å². The molecular weight excluding hydrogens is 1190 g/mol. The van der Waals surface area contributed by atoms with Crippen LogP contribution in [-0.2, 0) is 41.8 Å². The van der Waals surface area contributed by atoms with E-state index in [1.807, 2.05) is 0 Å². The fourth-order valence-electron chi connectivity index (χ4n) is 13.2. The van der Waals surface area contributed by atoms with Crippen LogP contribution in [0.2, 0.25) is 0 Å². The molecule has 6 aromatic heterocycles. The van der Waals surface area contributed by atoms with Crippen LogP contribution in [0.25, 0.3) is 22.3 Å². The van der Waals surface area contributed by atoms with Crippen molar-refractivity contribution in [2.24, 2.45) is 21.7 Å². The Kier molecular flexibility index (Phi) is 16.8. The largest absolute Gasteiger partial charge is 0.393 e. The predicted octanol–water partition coefficient (Wildman–Crippen LogP) is 4.61. The van der Waals surface area contributed by atoms with E-state index in [-0.39, 0.29) is 28.7 Å². The van der Waals surface area contributed by atoms with Gasteiger partial charge in [-0.15, -0.1) is 0 Å². The fraction of sp³-hybridized carbons (Fsp3) is 0.695. The molecular formula is C59H89F4N15O12. The Morgan fingerprint density at radius 3 is 1.22 bits per heavy atom. The first kappa shape index (κ1) is 70.7. The molecule has 500 valence electrons. The van der Waals surface area contributed by atoms with Crippen LogP contribution >= 0.6 is 0 Å². The maximum Gasteiger partial charge on any atom is 0.351 e. The van der Waals surface area contributed by atoms with Gasteiger partial charge in [-0.05, 0) is 96.1 Å². The number of alkyl halides is 4. The van der Waals surface area contributed by atoms with Crippen molar-refractivity contribution in [3.63, 3.8) is 0 Å². The van der Waals surface area contributed by atoms with E-state index in [4.69, 9.17) is 36.1 Å². The number of H-pyrrole nitrogens is 2. The van der Waals surface area contributed by atoms with E-state index in [1.54, 1.807) is 101 Å². The molecule has 4 fully saturated rings. The normalized spacial score (nSPS) is 37.0. The molecule has 90 heavy (non-hydrogen) atoms. The standard InChI is InChI=1S/C15H22FN5O3.C15H22FN5O2.C15H23FN2O4.C14H22FN3O3/c1-12(2)14(4,16)13(3,6-22)24-15(12,5)21-7-18-8-9(21)19-11(17)20-10(8)23;1-12(2)14(4,16)13(3,6-22)23-15(12,5)21-8-20-9-10(17)18-7-19-11(9)21;1-9-7-18(11(21)17-10(9)20)15(6)12(2,3)14(5,16)13(4,8-19)22-15;1-11(2)13(4,15)12(3,8-19)21-14(11,5)18-7-6-9(16)17-10(18)20/h7,22H,6H2,1-5H3,(H3,17,19,20,23);7-8,22H,6H2,1-5H3,(H2,17,18,19);7,19H,8H2,1-6H3,(H,17,20,21);6-7,19H,8H2,1-5H3,(H2,16,17,20). The lowest BCUT2D eigenvalue weighted by Crippen LogP contribution is -2.55. The number of imidazole rings is 2. The highest BCUT2D eigenvalue weighted by Gasteiger charge is 2.76. The van der Waals surface area contributed by atoms with Crippen LogP contribution in [0.15, 0.2) is 56.6 Å². The Hall–Kier alpha value is -6.74. The Bertz CT molecular complexity index is 4010. The second-order valence-electron chi connectivity index (χ2n) is 28.1. The van der Waals surface area contributed by atoms with Gasteiger partial charge in [0, 0.05) is 39.6 Å². The third-order valence-corrected chi connectivity index (χ3v) is 22.8. The van der Waals surface area contributed by atoms with E-state index >= 15 is 17.6 Å². The monoisotopic (exact) mass is 1280 g/mol. The second-order valence-corrected chi connectivity index (χ2v) is 28.1. The number of aliphatic hydroxyl groups is 4. The first-order valence-electron chi connectivity index (χ1n) is 29.1. The van der Waals surface area contributed by atoms with Crippen molar-refractivity contribution in [2.45, 2.75) is 213 Å². The zero-order valence-corrected chi connectivity index (χ0v) is 55.1. The number of nitrogens with one attached hydrogen (secondary N) is 2. The molecule has 10 rings (SSSR count). The number of aliphatic hydroxyl groups excluding tert-OH is 4. The van der Waals surface area contributed by atoms with E-state index in [2.05, 4.69) is 39.9 Å². The van der Waals surface area contributed by atoms with Gasteiger partial charge in [-0.3, -0.25) is 37.8 Å². The van der Waals surface area contributed by atoms with Crippen LogP contribution in [0, 0.1) is 28.6 Å². The summed E-state index contributed by atoms with van der Waals surface area (Å²) in [6, 6.07) is 1.45. The lowest BCUT2D eigenvalue weighted by molar-refractivity contribution is -0.177. The average molecular weight is 1280 g/mol.